The molecule has 0 aliphatic rings. The molecule has 138 valence electrons. The van der Waals surface area contributed by atoms with Gasteiger partial charge in [-0.3, -0.25) is 14.4 Å². The molecule has 3 rings (SSSR count). The third-order valence-corrected chi connectivity index (χ3v) is 4.03. The van der Waals surface area contributed by atoms with Gasteiger partial charge in [-0.1, -0.05) is 48.5 Å². The molecular weight excluding hydrogens is 344 g/mol. The lowest BCUT2D eigenvalue weighted by atomic mass is 10.1. The van der Waals surface area contributed by atoms with E-state index < -0.39 is 0 Å². The van der Waals surface area contributed by atoms with Crippen LogP contribution in [0.1, 0.15) is 5.56 Å². The first-order valence-electron chi connectivity index (χ1n) is 8.65. The first-order valence-corrected chi connectivity index (χ1v) is 8.65. The van der Waals surface area contributed by atoms with Crippen LogP contribution >= 0.6 is 0 Å². The molecule has 1 aromatic heterocycles. The van der Waals surface area contributed by atoms with E-state index in [1.54, 1.807) is 24.4 Å². The van der Waals surface area contributed by atoms with Crippen LogP contribution in [0.3, 0.4) is 0 Å². The zero-order chi connectivity index (χ0) is 19.1. The van der Waals surface area contributed by atoms with Crippen LogP contribution in [-0.2, 0) is 22.6 Å². The summed E-state index contributed by atoms with van der Waals surface area (Å²) in [5.74, 6) is -0.444. The highest BCUT2D eigenvalue weighted by atomic mass is 16.2. The Balaban J connectivity index is 1.44. The highest BCUT2D eigenvalue weighted by Gasteiger charge is 2.08. The number of hydrogen-bond acceptors (Lipinski definition) is 4. The average Bonchev–Trinajstić information content (AvgIpc) is 2.68. The second kappa shape index (κ2) is 8.75. The van der Waals surface area contributed by atoms with Crippen molar-refractivity contribution in [2.45, 2.75) is 13.0 Å². The van der Waals surface area contributed by atoms with Gasteiger partial charge >= 0.3 is 0 Å². The van der Waals surface area contributed by atoms with Crippen LogP contribution in [0.25, 0.3) is 10.8 Å². The molecule has 2 amide bonds. The molecule has 0 bridgehead atoms. The van der Waals surface area contributed by atoms with Gasteiger partial charge in [-0.05, 0) is 11.6 Å². The second-order valence-corrected chi connectivity index (χ2v) is 6.06. The number of carbonyl (C=O) groups is 2. The quantitative estimate of drug-likeness (QED) is 0.609. The van der Waals surface area contributed by atoms with Gasteiger partial charge in [-0.2, -0.15) is 5.10 Å². The Morgan fingerprint density at radius 1 is 0.889 bits per heavy atom. The van der Waals surface area contributed by atoms with Gasteiger partial charge in [0.15, 0.2) is 0 Å². The Bertz CT molecular complexity index is 999. The van der Waals surface area contributed by atoms with Crippen molar-refractivity contribution in [1.29, 1.82) is 0 Å². The zero-order valence-corrected chi connectivity index (χ0v) is 14.7. The van der Waals surface area contributed by atoms with Crippen LogP contribution in [0.5, 0.6) is 0 Å². The standard InChI is InChI=1S/C20H20N4O3/c25-18(12-15-6-2-1-3-7-15)21-10-11-22-19(26)14-24-20(27)17-9-5-4-8-16(17)13-23-24/h1-9,13H,10-12,14H2,(H,21,25)(H,22,26). The van der Waals surface area contributed by atoms with Crippen molar-refractivity contribution in [2.75, 3.05) is 13.1 Å². The Hall–Kier alpha value is -3.48. The molecule has 0 atom stereocenters. The normalized spacial score (nSPS) is 10.5. The minimum absolute atomic E-state index is 0.108. The van der Waals surface area contributed by atoms with Crippen LogP contribution in [-0.4, -0.2) is 34.7 Å². The van der Waals surface area contributed by atoms with Gasteiger partial charge < -0.3 is 10.6 Å². The molecule has 0 aliphatic heterocycles. The molecule has 1 heterocycles. The van der Waals surface area contributed by atoms with Gasteiger partial charge in [0.2, 0.25) is 11.8 Å². The van der Waals surface area contributed by atoms with Crippen LogP contribution in [0, 0.1) is 0 Å². The minimum Gasteiger partial charge on any atom is -0.354 e. The second-order valence-electron chi connectivity index (χ2n) is 6.06. The highest BCUT2D eigenvalue weighted by Crippen LogP contribution is 2.06. The lowest BCUT2D eigenvalue weighted by Gasteiger charge is -2.08. The van der Waals surface area contributed by atoms with Gasteiger partial charge in [-0.25, -0.2) is 4.68 Å². The number of nitrogens with one attached hydrogen (secondary N) is 2. The summed E-state index contributed by atoms with van der Waals surface area (Å²) in [4.78, 5) is 36.2. The molecule has 27 heavy (non-hydrogen) atoms. The van der Waals surface area contributed by atoms with E-state index in [-0.39, 0.29) is 30.5 Å². The van der Waals surface area contributed by atoms with Crippen molar-refractivity contribution in [3.05, 3.63) is 76.7 Å². The Labute approximate surface area is 156 Å². The summed E-state index contributed by atoms with van der Waals surface area (Å²) in [7, 11) is 0. The summed E-state index contributed by atoms with van der Waals surface area (Å²) >= 11 is 0. The third kappa shape index (κ3) is 5.01. The van der Waals surface area contributed by atoms with Gasteiger partial charge in [0.05, 0.1) is 18.0 Å². The van der Waals surface area contributed by atoms with Gasteiger partial charge in [0.25, 0.3) is 5.56 Å². The number of aromatic nitrogens is 2. The predicted octanol–water partition coefficient (Wildman–Crippen LogP) is 0.872. The molecule has 0 spiro atoms. The van der Waals surface area contributed by atoms with Crippen molar-refractivity contribution < 1.29 is 9.59 Å². The van der Waals surface area contributed by atoms with Crippen molar-refractivity contribution in [1.82, 2.24) is 20.4 Å². The minimum atomic E-state index is -0.336. The molecule has 3 aromatic rings. The molecule has 7 heteroatoms. The smallest absolute Gasteiger partial charge is 0.275 e. The predicted molar refractivity (Wildman–Crippen MR) is 102 cm³/mol. The van der Waals surface area contributed by atoms with E-state index in [0.717, 1.165) is 15.6 Å². The van der Waals surface area contributed by atoms with E-state index in [9.17, 15) is 14.4 Å². The molecule has 0 fully saturated rings. The van der Waals surface area contributed by atoms with E-state index in [1.165, 1.54) is 0 Å². The van der Waals surface area contributed by atoms with Crippen LogP contribution in [0.15, 0.2) is 65.6 Å². The summed E-state index contributed by atoms with van der Waals surface area (Å²) in [5.41, 5.74) is 0.625. The zero-order valence-electron chi connectivity index (χ0n) is 14.7. The maximum Gasteiger partial charge on any atom is 0.275 e. The number of carbonyl (C=O) groups excluding carboxylic acids is 2. The Morgan fingerprint density at radius 3 is 2.33 bits per heavy atom. The molecule has 0 aliphatic carbocycles. The van der Waals surface area contributed by atoms with E-state index in [4.69, 9.17) is 0 Å². The van der Waals surface area contributed by atoms with Crippen molar-refractivity contribution >= 4 is 22.6 Å². The fourth-order valence-corrected chi connectivity index (χ4v) is 2.68. The van der Waals surface area contributed by atoms with E-state index in [1.807, 2.05) is 36.4 Å². The summed E-state index contributed by atoms with van der Waals surface area (Å²) in [6, 6.07) is 16.5. The first kappa shape index (κ1) is 18.3. The van der Waals surface area contributed by atoms with Gasteiger partial charge in [0, 0.05) is 18.5 Å². The van der Waals surface area contributed by atoms with Crippen molar-refractivity contribution in [3.8, 4) is 0 Å². The topological polar surface area (TPSA) is 93.1 Å². The van der Waals surface area contributed by atoms with Gasteiger partial charge in [0.1, 0.15) is 6.54 Å². The number of fused-ring (bicyclic) bond motifs is 1. The fraction of sp³-hybridized carbons (Fsp3) is 0.200. The van der Waals surface area contributed by atoms with Crippen LogP contribution in [0.2, 0.25) is 0 Å². The van der Waals surface area contributed by atoms with Crippen molar-refractivity contribution in [2.24, 2.45) is 0 Å². The third-order valence-electron chi connectivity index (χ3n) is 4.03. The SMILES string of the molecule is O=C(Cc1ccccc1)NCCNC(=O)Cn1ncc2ccccc2c1=O. The molecular formula is C20H20N4O3. The van der Waals surface area contributed by atoms with E-state index >= 15 is 0 Å². The number of hydrogen-bond donors (Lipinski definition) is 2. The molecule has 2 aromatic carbocycles. The molecule has 7 nitrogen and oxygen atoms in total. The first-order chi connectivity index (χ1) is 13.1. The maximum atomic E-state index is 12.3. The number of amides is 2. The maximum absolute atomic E-state index is 12.3. The highest BCUT2D eigenvalue weighted by molar-refractivity contribution is 5.81. The van der Waals surface area contributed by atoms with E-state index in [0.29, 0.717) is 18.4 Å². The van der Waals surface area contributed by atoms with Crippen LogP contribution in [0.4, 0.5) is 0 Å². The number of rotatable bonds is 7. The molecule has 0 radical (unpaired) electrons. The summed E-state index contributed by atoms with van der Waals surface area (Å²) in [6.07, 6.45) is 1.86. The summed E-state index contributed by atoms with van der Waals surface area (Å²) in [6.45, 7) is 0.431. The summed E-state index contributed by atoms with van der Waals surface area (Å²) < 4.78 is 1.13. The monoisotopic (exact) mass is 364 g/mol. The van der Waals surface area contributed by atoms with Crippen molar-refractivity contribution in [3.63, 3.8) is 0 Å². The lowest BCUT2D eigenvalue weighted by molar-refractivity contribution is -0.123. The van der Waals surface area contributed by atoms with E-state index in [2.05, 4.69) is 15.7 Å². The van der Waals surface area contributed by atoms with Crippen LogP contribution < -0.4 is 16.2 Å². The number of benzene rings is 2. The average molecular weight is 364 g/mol. The summed E-state index contributed by atoms with van der Waals surface area (Å²) in [5, 5.41) is 10.7. The number of nitrogens with zero attached hydrogens (tertiary/aromatic N) is 2. The Morgan fingerprint density at radius 2 is 1.56 bits per heavy atom. The molecule has 0 unspecified atom stereocenters. The molecule has 0 saturated heterocycles. The van der Waals surface area contributed by atoms with Gasteiger partial charge in [-0.15, -0.1) is 0 Å². The molecule has 0 saturated carbocycles. The Kier molecular flexibility index (Phi) is 5.94. The molecule has 2 N–H and O–H groups in total. The fourth-order valence-electron chi connectivity index (χ4n) is 2.68. The largest absolute Gasteiger partial charge is 0.354 e. The lowest BCUT2D eigenvalue weighted by Crippen LogP contribution is -2.38.